The molecule has 14 heavy (non-hydrogen) atoms. The van der Waals surface area contributed by atoms with Crippen LogP contribution < -0.4 is 0 Å². The fourth-order valence-corrected chi connectivity index (χ4v) is 12.3. The van der Waals surface area contributed by atoms with E-state index in [1.165, 1.54) is 19.1 Å². The van der Waals surface area contributed by atoms with Gasteiger partial charge in [-0.3, -0.25) is 3.64 Å². The summed E-state index contributed by atoms with van der Waals surface area (Å²) in [4.78, 5) is 11.3. The van der Waals surface area contributed by atoms with Crippen molar-refractivity contribution in [3.8, 4) is 0 Å². The van der Waals surface area contributed by atoms with Gasteiger partial charge in [-0.25, -0.2) is 4.79 Å². The standard InChI is InChI=1S/C8H21NO2SSi2/c1-11-8(10)12-9(13(2,3)4)14(5,6)7/h1-7H3. The van der Waals surface area contributed by atoms with Crippen LogP contribution in [0.25, 0.3) is 0 Å². The van der Waals surface area contributed by atoms with Gasteiger partial charge in [0.2, 0.25) is 0 Å². The fourth-order valence-electron chi connectivity index (χ4n) is 1.39. The molecule has 0 radical (unpaired) electrons. The Labute approximate surface area is 93.5 Å². The predicted octanol–water partition coefficient (Wildman–Crippen LogP) is 3.37. The summed E-state index contributed by atoms with van der Waals surface area (Å²) in [6.45, 7) is 13.5. The molecule has 0 aliphatic rings. The summed E-state index contributed by atoms with van der Waals surface area (Å²) in [6.07, 6.45) is 0. The number of hydrogen-bond donors (Lipinski definition) is 0. The van der Waals surface area contributed by atoms with E-state index in [9.17, 15) is 4.79 Å². The molecule has 3 nitrogen and oxygen atoms in total. The third kappa shape index (κ3) is 4.63. The molecule has 0 atom stereocenters. The zero-order chi connectivity index (χ0) is 11.6. The van der Waals surface area contributed by atoms with Crippen molar-refractivity contribution in [2.24, 2.45) is 0 Å². The Morgan fingerprint density at radius 1 is 1.07 bits per heavy atom. The summed E-state index contributed by atoms with van der Waals surface area (Å²) in [5.41, 5.74) is 0. The highest BCUT2D eigenvalue weighted by molar-refractivity contribution is 8.13. The molecule has 0 N–H and O–H groups in total. The molecular formula is C8H21NO2SSi2. The first-order valence-electron chi connectivity index (χ1n) is 4.65. The molecular weight excluding hydrogens is 230 g/mol. The van der Waals surface area contributed by atoms with Crippen LogP contribution in [0, 0.1) is 0 Å². The molecule has 0 aromatic heterocycles. The Morgan fingerprint density at radius 3 is 1.64 bits per heavy atom. The van der Waals surface area contributed by atoms with E-state index in [0.29, 0.717) is 0 Å². The lowest BCUT2D eigenvalue weighted by Crippen LogP contribution is -2.55. The zero-order valence-electron chi connectivity index (χ0n) is 10.2. The van der Waals surface area contributed by atoms with Crippen LogP contribution in [-0.4, -0.2) is 32.5 Å². The van der Waals surface area contributed by atoms with Crippen LogP contribution in [0.3, 0.4) is 0 Å². The second kappa shape index (κ2) is 4.82. The molecule has 0 unspecified atom stereocenters. The van der Waals surface area contributed by atoms with Crippen molar-refractivity contribution in [1.29, 1.82) is 0 Å². The van der Waals surface area contributed by atoms with Crippen molar-refractivity contribution in [2.75, 3.05) is 7.11 Å². The molecule has 0 aromatic rings. The molecule has 0 spiro atoms. The molecule has 0 amide bonds. The number of carbonyl (C=O) groups excluding carboxylic acids is 1. The van der Waals surface area contributed by atoms with Gasteiger partial charge in [-0.1, -0.05) is 39.3 Å². The van der Waals surface area contributed by atoms with Crippen molar-refractivity contribution in [3.05, 3.63) is 0 Å². The van der Waals surface area contributed by atoms with Crippen LogP contribution in [0.4, 0.5) is 4.79 Å². The highest BCUT2D eigenvalue weighted by Gasteiger charge is 2.37. The molecule has 84 valence electrons. The van der Waals surface area contributed by atoms with Gasteiger partial charge < -0.3 is 4.74 Å². The third-order valence-corrected chi connectivity index (χ3v) is 12.3. The Morgan fingerprint density at radius 2 is 1.43 bits per heavy atom. The Bertz CT molecular complexity index is 196. The van der Waals surface area contributed by atoms with Crippen LogP contribution in [0.15, 0.2) is 0 Å². The summed E-state index contributed by atoms with van der Waals surface area (Å²) in [6, 6.07) is 0. The van der Waals surface area contributed by atoms with Crippen LogP contribution in [0.1, 0.15) is 0 Å². The molecule has 0 heterocycles. The molecule has 0 saturated heterocycles. The van der Waals surface area contributed by atoms with E-state index in [0.717, 1.165) is 0 Å². The quantitative estimate of drug-likeness (QED) is 0.437. The number of nitrogens with zero attached hydrogens (tertiary/aromatic N) is 1. The maximum Gasteiger partial charge on any atom is 0.381 e. The smallest absolute Gasteiger partial charge is 0.381 e. The van der Waals surface area contributed by atoms with Gasteiger partial charge in [0, 0.05) is 11.9 Å². The monoisotopic (exact) mass is 251 g/mol. The van der Waals surface area contributed by atoms with Gasteiger partial charge in [0.1, 0.15) is 16.5 Å². The lowest BCUT2D eigenvalue weighted by atomic mass is 11.5. The molecule has 0 fully saturated rings. The first-order valence-corrected chi connectivity index (χ1v) is 12.3. The average Bonchev–Trinajstić information content (AvgIpc) is 1.95. The average molecular weight is 251 g/mol. The molecule has 0 rings (SSSR count). The van der Waals surface area contributed by atoms with Crippen molar-refractivity contribution in [3.63, 3.8) is 0 Å². The van der Waals surface area contributed by atoms with Crippen LogP contribution in [0.5, 0.6) is 0 Å². The minimum atomic E-state index is -1.44. The first kappa shape index (κ1) is 14.2. The third-order valence-electron chi connectivity index (χ3n) is 1.55. The molecule has 0 aromatic carbocycles. The summed E-state index contributed by atoms with van der Waals surface area (Å²) in [5, 5.41) is -0.199. The molecule has 0 aliphatic heterocycles. The Balaban J connectivity index is 4.68. The van der Waals surface area contributed by atoms with E-state index in [1.807, 2.05) is 0 Å². The first-order chi connectivity index (χ1) is 6.09. The predicted molar refractivity (Wildman–Crippen MR) is 68.5 cm³/mol. The maximum absolute atomic E-state index is 11.3. The number of methoxy groups -OCH3 is 1. The minimum absolute atomic E-state index is 0.199. The number of rotatable bonds is 3. The van der Waals surface area contributed by atoms with Gasteiger partial charge in [-0.15, -0.1) is 0 Å². The molecule has 0 aliphatic carbocycles. The Kier molecular flexibility index (Phi) is 4.90. The SMILES string of the molecule is COC(=O)SN([Si](C)(C)C)[Si](C)(C)C. The van der Waals surface area contributed by atoms with Crippen LogP contribution in [-0.2, 0) is 4.74 Å². The van der Waals surface area contributed by atoms with Gasteiger partial charge in [0.25, 0.3) is 0 Å². The second-order valence-electron chi connectivity index (χ2n) is 5.18. The molecule has 0 saturated carbocycles. The van der Waals surface area contributed by atoms with Gasteiger partial charge in [0.05, 0.1) is 7.11 Å². The maximum atomic E-state index is 11.3. The van der Waals surface area contributed by atoms with Gasteiger partial charge >= 0.3 is 5.30 Å². The van der Waals surface area contributed by atoms with E-state index in [-0.39, 0.29) is 5.30 Å². The van der Waals surface area contributed by atoms with Gasteiger partial charge in [-0.05, 0) is 0 Å². The van der Waals surface area contributed by atoms with Gasteiger partial charge in [0.15, 0.2) is 0 Å². The van der Waals surface area contributed by atoms with E-state index in [1.54, 1.807) is 0 Å². The van der Waals surface area contributed by atoms with E-state index >= 15 is 0 Å². The largest absolute Gasteiger partial charge is 0.460 e. The Hall–Kier alpha value is 0.214. The van der Waals surface area contributed by atoms with Gasteiger partial charge in [-0.2, -0.15) is 0 Å². The lowest BCUT2D eigenvalue weighted by Gasteiger charge is -2.40. The summed E-state index contributed by atoms with van der Waals surface area (Å²) < 4.78 is 7.02. The van der Waals surface area contributed by atoms with E-state index in [2.05, 4.69) is 42.9 Å². The summed E-state index contributed by atoms with van der Waals surface area (Å²) in [5.74, 6) is 0. The second-order valence-corrected chi connectivity index (χ2v) is 16.7. The fraction of sp³-hybridized carbons (Fsp3) is 0.875. The summed E-state index contributed by atoms with van der Waals surface area (Å²) >= 11 is 1.25. The van der Waals surface area contributed by atoms with Crippen molar-refractivity contribution >= 4 is 33.7 Å². The number of hydrogen-bond acceptors (Lipinski definition) is 4. The van der Waals surface area contributed by atoms with Crippen molar-refractivity contribution in [1.82, 2.24) is 3.64 Å². The topological polar surface area (TPSA) is 29.5 Å². The van der Waals surface area contributed by atoms with E-state index < -0.39 is 16.5 Å². The molecule has 0 bridgehead atoms. The van der Waals surface area contributed by atoms with Crippen molar-refractivity contribution in [2.45, 2.75) is 39.3 Å². The highest BCUT2D eigenvalue weighted by atomic mass is 32.2. The van der Waals surface area contributed by atoms with E-state index in [4.69, 9.17) is 4.74 Å². The van der Waals surface area contributed by atoms with Crippen molar-refractivity contribution < 1.29 is 9.53 Å². The number of ether oxygens (including phenoxy) is 1. The zero-order valence-corrected chi connectivity index (χ0v) is 13.0. The summed E-state index contributed by atoms with van der Waals surface area (Å²) in [7, 11) is -1.46. The van der Waals surface area contributed by atoms with Crippen LogP contribution >= 0.6 is 11.9 Å². The van der Waals surface area contributed by atoms with Crippen LogP contribution in [0.2, 0.25) is 39.3 Å². The molecule has 6 heteroatoms. The lowest BCUT2D eigenvalue weighted by molar-refractivity contribution is 0.200. The number of carbonyl (C=O) groups is 1. The highest BCUT2D eigenvalue weighted by Crippen LogP contribution is 2.29. The minimum Gasteiger partial charge on any atom is -0.460 e. The normalized spacial score (nSPS) is 13.1.